The average molecular weight is 333 g/mol. The van der Waals surface area contributed by atoms with Gasteiger partial charge in [-0.25, -0.2) is 9.18 Å². The maximum atomic E-state index is 13.5. The molecule has 2 aromatic carbocycles. The monoisotopic (exact) mass is 333 g/mol. The summed E-state index contributed by atoms with van der Waals surface area (Å²) in [6, 6.07) is 10.3. The van der Waals surface area contributed by atoms with Gasteiger partial charge in [-0.1, -0.05) is 0 Å². The smallest absolute Gasteiger partial charge is 0.338 e. The maximum Gasteiger partial charge on any atom is 0.338 e. The summed E-state index contributed by atoms with van der Waals surface area (Å²) in [5.41, 5.74) is 0.526. The summed E-state index contributed by atoms with van der Waals surface area (Å²) in [6.07, 6.45) is 0. The molecule has 6 nitrogen and oxygen atoms in total. The van der Waals surface area contributed by atoms with E-state index >= 15 is 0 Å². The fourth-order valence-electron chi connectivity index (χ4n) is 1.88. The van der Waals surface area contributed by atoms with E-state index in [1.165, 1.54) is 26.4 Å². The van der Waals surface area contributed by atoms with Gasteiger partial charge in [0, 0.05) is 5.69 Å². The predicted octanol–water partition coefficient (Wildman–Crippen LogP) is 2.64. The first kappa shape index (κ1) is 17.3. The average Bonchev–Trinajstić information content (AvgIpc) is 2.60. The minimum atomic E-state index is -0.804. The van der Waals surface area contributed by atoms with Gasteiger partial charge in [-0.15, -0.1) is 0 Å². The molecule has 0 aromatic heterocycles. The number of hydrogen-bond donors (Lipinski definition) is 1. The number of carbonyl (C=O) groups is 2. The van der Waals surface area contributed by atoms with Gasteiger partial charge >= 0.3 is 5.97 Å². The zero-order valence-electron chi connectivity index (χ0n) is 13.2. The minimum absolute atomic E-state index is 0.00875. The molecule has 0 spiro atoms. The van der Waals surface area contributed by atoms with Crippen LogP contribution < -0.4 is 14.8 Å². The number of esters is 1. The third-order valence-electron chi connectivity index (χ3n) is 3.10. The SMILES string of the molecule is COc1ccc(NC(=O)COC(=O)c2ccc(OC)c(F)c2)cc1. The lowest BCUT2D eigenvalue weighted by molar-refractivity contribution is -0.119. The summed E-state index contributed by atoms with van der Waals surface area (Å²) in [4.78, 5) is 23.6. The summed E-state index contributed by atoms with van der Waals surface area (Å²) < 4.78 is 28.2. The molecule has 0 saturated carbocycles. The fourth-order valence-corrected chi connectivity index (χ4v) is 1.88. The van der Waals surface area contributed by atoms with E-state index in [1.807, 2.05) is 0 Å². The molecule has 0 aliphatic carbocycles. The van der Waals surface area contributed by atoms with Gasteiger partial charge in [-0.3, -0.25) is 4.79 Å². The van der Waals surface area contributed by atoms with Crippen LogP contribution in [-0.4, -0.2) is 32.7 Å². The van der Waals surface area contributed by atoms with E-state index in [0.29, 0.717) is 11.4 Å². The van der Waals surface area contributed by atoms with Crippen molar-refractivity contribution in [2.75, 3.05) is 26.1 Å². The number of halogens is 1. The van der Waals surface area contributed by atoms with E-state index in [9.17, 15) is 14.0 Å². The van der Waals surface area contributed by atoms with Gasteiger partial charge in [0.15, 0.2) is 18.2 Å². The van der Waals surface area contributed by atoms with E-state index in [4.69, 9.17) is 14.2 Å². The summed E-state index contributed by atoms with van der Waals surface area (Å²) >= 11 is 0. The minimum Gasteiger partial charge on any atom is -0.497 e. The molecule has 2 aromatic rings. The summed E-state index contributed by atoms with van der Waals surface area (Å²) in [6.45, 7) is -0.488. The molecule has 0 atom stereocenters. The van der Waals surface area contributed by atoms with Crippen LogP contribution in [0.4, 0.5) is 10.1 Å². The Balaban J connectivity index is 1.88. The Hall–Kier alpha value is -3.09. The molecule has 0 radical (unpaired) electrons. The molecule has 7 heteroatoms. The third-order valence-corrected chi connectivity index (χ3v) is 3.10. The van der Waals surface area contributed by atoms with Crippen molar-refractivity contribution in [3.8, 4) is 11.5 Å². The third kappa shape index (κ3) is 4.45. The van der Waals surface area contributed by atoms with Crippen molar-refractivity contribution in [1.82, 2.24) is 0 Å². The first-order chi connectivity index (χ1) is 11.5. The number of ether oxygens (including phenoxy) is 3. The lowest BCUT2D eigenvalue weighted by Gasteiger charge is -2.08. The van der Waals surface area contributed by atoms with Crippen LogP contribution in [0.25, 0.3) is 0 Å². The van der Waals surface area contributed by atoms with Gasteiger partial charge < -0.3 is 19.5 Å². The topological polar surface area (TPSA) is 73.9 Å². The van der Waals surface area contributed by atoms with Crippen molar-refractivity contribution in [1.29, 1.82) is 0 Å². The Kier molecular flexibility index (Phi) is 5.73. The molecule has 24 heavy (non-hydrogen) atoms. The molecule has 0 unspecified atom stereocenters. The Bertz CT molecular complexity index is 730. The first-order valence-electron chi connectivity index (χ1n) is 6.98. The highest BCUT2D eigenvalue weighted by molar-refractivity contribution is 5.95. The summed E-state index contributed by atoms with van der Waals surface area (Å²) in [7, 11) is 2.86. The van der Waals surface area contributed by atoms with Crippen LogP contribution in [0.5, 0.6) is 11.5 Å². The van der Waals surface area contributed by atoms with E-state index < -0.39 is 24.3 Å². The van der Waals surface area contributed by atoms with Gasteiger partial charge in [0.2, 0.25) is 0 Å². The van der Waals surface area contributed by atoms with Crippen molar-refractivity contribution in [2.45, 2.75) is 0 Å². The van der Waals surface area contributed by atoms with Crippen LogP contribution in [0.15, 0.2) is 42.5 Å². The predicted molar refractivity (Wildman–Crippen MR) is 84.9 cm³/mol. The van der Waals surface area contributed by atoms with Crippen molar-refractivity contribution < 1.29 is 28.2 Å². The largest absolute Gasteiger partial charge is 0.497 e. The number of amides is 1. The second-order valence-corrected chi connectivity index (χ2v) is 4.70. The molecular formula is C17H16FNO5. The Morgan fingerprint density at radius 1 is 1.04 bits per heavy atom. The van der Waals surface area contributed by atoms with Crippen molar-refractivity contribution in [2.24, 2.45) is 0 Å². The molecular weight excluding hydrogens is 317 g/mol. The van der Waals surface area contributed by atoms with E-state index in [1.54, 1.807) is 24.3 Å². The van der Waals surface area contributed by atoms with Crippen LogP contribution >= 0.6 is 0 Å². The number of anilines is 1. The molecule has 0 aliphatic rings. The highest BCUT2D eigenvalue weighted by atomic mass is 19.1. The first-order valence-corrected chi connectivity index (χ1v) is 6.98. The van der Waals surface area contributed by atoms with Gasteiger partial charge in [0.25, 0.3) is 5.91 Å². The number of carbonyl (C=O) groups excluding carboxylic acids is 2. The number of hydrogen-bond acceptors (Lipinski definition) is 5. The zero-order chi connectivity index (χ0) is 17.5. The molecule has 1 amide bonds. The molecule has 1 N–H and O–H groups in total. The van der Waals surface area contributed by atoms with E-state index in [-0.39, 0.29) is 11.3 Å². The lowest BCUT2D eigenvalue weighted by atomic mass is 10.2. The normalized spacial score (nSPS) is 9.96. The van der Waals surface area contributed by atoms with Gasteiger partial charge in [-0.05, 0) is 42.5 Å². The number of benzene rings is 2. The highest BCUT2D eigenvalue weighted by Gasteiger charge is 2.13. The number of rotatable bonds is 6. The number of nitrogens with one attached hydrogen (secondary N) is 1. The highest BCUT2D eigenvalue weighted by Crippen LogP contribution is 2.18. The zero-order valence-corrected chi connectivity index (χ0v) is 13.2. The molecule has 126 valence electrons. The summed E-state index contributed by atoms with van der Waals surface area (Å²) in [5.74, 6) is -1.33. The van der Waals surface area contributed by atoms with Crippen LogP contribution in [0, 0.1) is 5.82 Å². The second kappa shape index (κ2) is 7.96. The van der Waals surface area contributed by atoms with Crippen molar-refractivity contribution >= 4 is 17.6 Å². The number of methoxy groups -OCH3 is 2. The second-order valence-electron chi connectivity index (χ2n) is 4.70. The van der Waals surface area contributed by atoms with Gasteiger partial charge in [0.05, 0.1) is 19.8 Å². The van der Waals surface area contributed by atoms with Crippen LogP contribution in [0.2, 0.25) is 0 Å². The molecule has 2 rings (SSSR count). The van der Waals surface area contributed by atoms with Crippen LogP contribution in [0.3, 0.4) is 0 Å². The molecule has 0 heterocycles. The van der Waals surface area contributed by atoms with Gasteiger partial charge in [0.1, 0.15) is 5.75 Å². The van der Waals surface area contributed by atoms with E-state index in [2.05, 4.69) is 5.32 Å². The molecule has 0 aliphatic heterocycles. The molecule has 0 saturated heterocycles. The Morgan fingerprint density at radius 3 is 2.33 bits per heavy atom. The van der Waals surface area contributed by atoms with Crippen molar-refractivity contribution in [3.05, 3.63) is 53.8 Å². The van der Waals surface area contributed by atoms with Crippen LogP contribution in [0.1, 0.15) is 10.4 Å². The Morgan fingerprint density at radius 2 is 1.75 bits per heavy atom. The molecule has 0 bridgehead atoms. The maximum absolute atomic E-state index is 13.5. The quantitative estimate of drug-likeness (QED) is 0.823. The van der Waals surface area contributed by atoms with Crippen molar-refractivity contribution in [3.63, 3.8) is 0 Å². The van der Waals surface area contributed by atoms with Crippen LogP contribution in [-0.2, 0) is 9.53 Å². The standard InChI is InChI=1S/C17H16FNO5/c1-22-13-6-4-12(5-7-13)19-16(20)10-24-17(21)11-3-8-15(23-2)14(18)9-11/h3-9H,10H2,1-2H3,(H,19,20). The fraction of sp³-hybridized carbons (Fsp3) is 0.176. The Labute approximate surface area is 138 Å². The van der Waals surface area contributed by atoms with Gasteiger partial charge in [-0.2, -0.15) is 0 Å². The van der Waals surface area contributed by atoms with E-state index in [0.717, 1.165) is 6.07 Å². The summed E-state index contributed by atoms with van der Waals surface area (Å²) in [5, 5.41) is 2.56. The molecule has 0 fully saturated rings. The lowest BCUT2D eigenvalue weighted by Crippen LogP contribution is -2.21.